The number of nitrogens with one attached hydrogen (secondary N) is 1. The number of anilines is 1. The fourth-order valence-corrected chi connectivity index (χ4v) is 3.61. The van der Waals surface area contributed by atoms with Gasteiger partial charge in [0.25, 0.3) is 5.91 Å². The van der Waals surface area contributed by atoms with Crippen LogP contribution < -0.4 is 14.8 Å². The lowest BCUT2D eigenvalue weighted by molar-refractivity contribution is 0.102. The predicted octanol–water partition coefficient (Wildman–Crippen LogP) is 5.43. The standard InChI is InChI=1S/C22H18ClN3O3S/c1-28-21-10-15(4-7-20(21)29-12-17-13-30-14-24-17)22(27)25-18-6-5-16(23)11-19(18)26-8-2-3-9-26/h2-11,13-14H,12H2,1H3,(H,25,27). The average molecular weight is 440 g/mol. The van der Waals surface area contributed by atoms with Gasteiger partial charge in [0.15, 0.2) is 11.5 Å². The molecule has 0 aliphatic carbocycles. The lowest BCUT2D eigenvalue weighted by Gasteiger charge is -2.14. The number of nitrogens with zero attached hydrogens (tertiary/aromatic N) is 2. The van der Waals surface area contributed by atoms with Gasteiger partial charge in [0.05, 0.1) is 29.7 Å². The van der Waals surface area contributed by atoms with Gasteiger partial charge in [-0.2, -0.15) is 0 Å². The first kappa shape index (κ1) is 20.0. The summed E-state index contributed by atoms with van der Waals surface area (Å²) in [7, 11) is 1.54. The van der Waals surface area contributed by atoms with E-state index in [1.54, 1.807) is 41.9 Å². The first-order valence-corrected chi connectivity index (χ1v) is 10.4. The Bertz CT molecular complexity index is 1140. The van der Waals surface area contributed by atoms with Crippen LogP contribution in [0.25, 0.3) is 5.69 Å². The number of thiazole rings is 1. The van der Waals surface area contributed by atoms with Crippen LogP contribution in [0.3, 0.4) is 0 Å². The van der Waals surface area contributed by atoms with E-state index in [4.69, 9.17) is 21.1 Å². The van der Waals surface area contributed by atoms with E-state index in [-0.39, 0.29) is 5.91 Å². The second-order valence-corrected chi connectivity index (χ2v) is 7.50. The maximum Gasteiger partial charge on any atom is 0.255 e. The molecule has 0 saturated carbocycles. The summed E-state index contributed by atoms with van der Waals surface area (Å²) >= 11 is 7.66. The van der Waals surface area contributed by atoms with Gasteiger partial charge in [0.2, 0.25) is 0 Å². The molecule has 0 atom stereocenters. The maximum absolute atomic E-state index is 12.9. The Morgan fingerprint density at radius 1 is 1.17 bits per heavy atom. The summed E-state index contributed by atoms with van der Waals surface area (Å²) in [5.74, 6) is 0.747. The molecule has 4 aromatic rings. The van der Waals surface area contributed by atoms with Gasteiger partial charge in [-0.05, 0) is 48.5 Å². The van der Waals surface area contributed by atoms with E-state index >= 15 is 0 Å². The number of aromatic nitrogens is 2. The number of hydrogen-bond acceptors (Lipinski definition) is 5. The SMILES string of the molecule is COc1cc(C(=O)Nc2ccc(Cl)cc2-n2cccc2)ccc1OCc1cscn1. The summed E-state index contributed by atoms with van der Waals surface area (Å²) in [6, 6.07) is 14.2. The largest absolute Gasteiger partial charge is 0.493 e. The van der Waals surface area contributed by atoms with Gasteiger partial charge in [-0.3, -0.25) is 4.79 Å². The quantitative estimate of drug-likeness (QED) is 0.417. The van der Waals surface area contributed by atoms with E-state index in [1.165, 1.54) is 18.4 Å². The van der Waals surface area contributed by atoms with Crippen molar-refractivity contribution in [3.63, 3.8) is 0 Å². The molecule has 6 nitrogen and oxygen atoms in total. The molecule has 0 unspecified atom stereocenters. The molecular weight excluding hydrogens is 422 g/mol. The normalized spacial score (nSPS) is 10.6. The van der Waals surface area contributed by atoms with Crippen LogP contribution in [-0.4, -0.2) is 22.6 Å². The van der Waals surface area contributed by atoms with Crippen LogP contribution in [0, 0.1) is 0 Å². The van der Waals surface area contributed by atoms with Crippen molar-refractivity contribution in [2.45, 2.75) is 6.61 Å². The maximum atomic E-state index is 12.9. The molecule has 2 aromatic carbocycles. The molecule has 4 rings (SSSR count). The number of halogens is 1. The van der Waals surface area contributed by atoms with Crippen LogP contribution >= 0.6 is 22.9 Å². The first-order chi connectivity index (χ1) is 14.6. The summed E-state index contributed by atoms with van der Waals surface area (Å²) in [6.45, 7) is 0.330. The molecular formula is C22H18ClN3O3S. The minimum atomic E-state index is -0.268. The molecule has 0 radical (unpaired) electrons. The predicted molar refractivity (Wildman–Crippen MR) is 118 cm³/mol. The second-order valence-electron chi connectivity index (χ2n) is 6.34. The Kier molecular flexibility index (Phi) is 6.02. The van der Waals surface area contributed by atoms with E-state index in [0.29, 0.717) is 34.4 Å². The van der Waals surface area contributed by atoms with Crippen LogP contribution in [-0.2, 0) is 6.61 Å². The van der Waals surface area contributed by atoms with Gasteiger partial charge in [0.1, 0.15) is 6.61 Å². The Labute approximate surface area is 182 Å². The summed E-state index contributed by atoms with van der Waals surface area (Å²) in [5, 5.41) is 5.45. The van der Waals surface area contributed by atoms with E-state index in [1.807, 2.05) is 34.5 Å². The van der Waals surface area contributed by atoms with Gasteiger partial charge >= 0.3 is 0 Å². The van der Waals surface area contributed by atoms with Gasteiger partial charge in [0, 0.05) is 28.4 Å². The van der Waals surface area contributed by atoms with Crippen molar-refractivity contribution >= 4 is 34.5 Å². The smallest absolute Gasteiger partial charge is 0.255 e. The number of rotatable bonds is 7. The van der Waals surface area contributed by atoms with Crippen molar-refractivity contribution in [1.82, 2.24) is 9.55 Å². The van der Waals surface area contributed by atoms with Crippen LogP contribution in [0.4, 0.5) is 5.69 Å². The molecule has 0 saturated heterocycles. The molecule has 2 heterocycles. The topological polar surface area (TPSA) is 65.4 Å². The molecule has 2 aromatic heterocycles. The fraction of sp³-hybridized carbons (Fsp3) is 0.0909. The van der Waals surface area contributed by atoms with Crippen LogP contribution in [0.2, 0.25) is 5.02 Å². The van der Waals surface area contributed by atoms with Crippen LogP contribution in [0.15, 0.2) is 71.8 Å². The van der Waals surface area contributed by atoms with Crippen molar-refractivity contribution in [1.29, 1.82) is 0 Å². The second kappa shape index (κ2) is 9.02. The molecule has 0 aliphatic heterocycles. The third kappa shape index (κ3) is 4.48. The Morgan fingerprint density at radius 2 is 2.00 bits per heavy atom. The van der Waals surface area contributed by atoms with E-state index in [2.05, 4.69) is 10.3 Å². The zero-order valence-electron chi connectivity index (χ0n) is 16.0. The van der Waals surface area contributed by atoms with E-state index in [0.717, 1.165) is 11.4 Å². The zero-order chi connectivity index (χ0) is 20.9. The Morgan fingerprint density at radius 3 is 2.73 bits per heavy atom. The van der Waals surface area contributed by atoms with E-state index < -0.39 is 0 Å². The number of carbonyl (C=O) groups is 1. The third-order valence-electron chi connectivity index (χ3n) is 4.38. The average Bonchev–Trinajstić information content (AvgIpc) is 3.47. The van der Waals surface area contributed by atoms with Gasteiger partial charge in [-0.25, -0.2) is 4.98 Å². The summed E-state index contributed by atoms with van der Waals surface area (Å²) < 4.78 is 13.1. The molecule has 152 valence electrons. The van der Waals surface area contributed by atoms with Crippen LogP contribution in [0.1, 0.15) is 16.1 Å². The molecule has 8 heteroatoms. The highest BCUT2D eigenvalue weighted by molar-refractivity contribution is 7.07. The number of hydrogen-bond donors (Lipinski definition) is 1. The van der Waals surface area contributed by atoms with E-state index in [9.17, 15) is 4.79 Å². The number of ether oxygens (including phenoxy) is 2. The van der Waals surface area contributed by atoms with Crippen molar-refractivity contribution in [3.8, 4) is 17.2 Å². The lowest BCUT2D eigenvalue weighted by Crippen LogP contribution is -2.14. The van der Waals surface area contributed by atoms with Crippen molar-refractivity contribution in [2.24, 2.45) is 0 Å². The van der Waals surface area contributed by atoms with Crippen molar-refractivity contribution < 1.29 is 14.3 Å². The highest BCUT2D eigenvalue weighted by atomic mass is 35.5. The molecule has 1 amide bonds. The van der Waals surface area contributed by atoms with Crippen molar-refractivity contribution in [3.05, 3.63) is 88.1 Å². The lowest BCUT2D eigenvalue weighted by atomic mass is 10.1. The number of methoxy groups -OCH3 is 1. The minimum Gasteiger partial charge on any atom is -0.493 e. The van der Waals surface area contributed by atoms with Gasteiger partial charge in [-0.1, -0.05) is 11.6 Å². The van der Waals surface area contributed by atoms with Gasteiger partial charge < -0.3 is 19.4 Å². The molecule has 0 aliphatic rings. The highest BCUT2D eigenvalue weighted by Gasteiger charge is 2.14. The molecule has 0 fully saturated rings. The summed E-state index contributed by atoms with van der Waals surface area (Å²) in [4.78, 5) is 17.1. The fourth-order valence-electron chi connectivity index (χ4n) is 2.90. The summed E-state index contributed by atoms with van der Waals surface area (Å²) in [5.41, 5.74) is 4.45. The first-order valence-electron chi connectivity index (χ1n) is 9.06. The van der Waals surface area contributed by atoms with Gasteiger partial charge in [-0.15, -0.1) is 11.3 Å². The molecule has 1 N–H and O–H groups in total. The number of amides is 1. The third-order valence-corrected chi connectivity index (χ3v) is 5.25. The number of benzene rings is 2. The minimum absolute atomic E-state index is 0.268. The molecule has 30 heavy (non-hydrogen) atoms. The number of carbonyl (C=O) groups excluding carboxylic acids is 1. The molecule has 0 bridgehead atoms. The monoisotopic (exact) mass is 439 g/mol. The zero-order valence-corrected chi connectivity index (χ0v) is 17.6. The Balaban J connectivity index is 1.54. The molecule has 0 spiro atoms. The van der Waals surface area contributed by atoms with Crippen molar-refractivity contribution in [2.75, 3.05) is 12.4 Å². The van der Waals surface area contributed by atoms with Crippen LogP contribution in [0.5, 0.6) is 11.5 Å². The summed E-state index contributed by atoms with van der Waals surface area (Å²) in [6.07, 6.45) is 3.78. The Hall–Kier alpha value is -3.29. The highest BCUT2D eigenvalue weighted by Crippen LogP contribution is 2.30.